The number of carbonyl (C=O) groups is 1. The molecule has 3 nitrogen and oxygen atoms in total. The Bertz CT molecular complexity index is 240. The van der Waals surface area contributed by atoms with E-state index >= 15 is 0 Å². The second-order valence-corrected chi connectivity index (χ2v) is 5.75. The molecule has 1 fully saturated rings. The Morgan fingerprint density at radius 2 is 2.12 bits per heavy atom. The van der Waals surface area contributed by atoms with Crippen molar-refractivity contribution < 1.29 is 9.90 Å². The summed E-state index contributed by atoms with van der Waals surface area (Å²) in [6.07, 6.45) is 4.66. The number of aldehydes is 1. The summed E-state index contributed by atoms with van der Waals surface area (Å²) in [7, 11) is 0. The molecular formula is C13H25NO2. The summed E-state index contributed by atoms with van der Waals surface area (Å²) in [5, 5.41) is 9.99. The van der Waals surface area contributed by atoms with Crippen molar-refractivity contribution in [2.45, 2.75) is 52.1 Å². The third-order valence-electron chi connectivity index (χ3n) is 3.83. The van der Waals surface area contributed by atoms with Gasteiger partial charge in [-0.2, -0.15) is 0 Å². The molecule has 0 bridgehead atoms. The van der Waals surface area contributed by atoms with Crippen molar-refractivity contribution in [1.82, 2.24) is 4.90 Å². The minimum absolute atomic E-state index is 0.226. The third-order valence-corrected chi connectivity index (χ3v) is 3.83. The van der Waals surface area contributed by atoms with Gasteiger partial charge in [0, 0.05) is 18.5 Å². The molecule has 1 rings (SSSR count). The molecule has 0 radical (unpaired) electrons. The van der Waals surface area contributed by atoms with E-state index in [1.165, 1.54) is 0 Å². The average molecular weight is 227 g/mol. The lowest BCUT2D eigenvalue weighted by molar-refractivity contribution is -0.116. The molecule has 2 atom stereocenters. The molecule has 0 aromatic rings. The van der Waals surface area contributed by atoms with E-state index in [1.54, 1.807) is 0 Å². The summed E-state index contributed by atoms with van der Waals surface area (Å²) in [5.41, 5.74) is -0.741. The first-order chi connectivity index (χ1) is 7.41. The number of nitrogens with zero attached hydrogens (tertiary/aromatic N) is 1. The first-order valence-corrected chi connectivity index (χ1v) is 6.32. The second-order valence-electron chi connectivity index (χ2n) is 5.75. The number of hydrogen-bond donors (Lipinski definition) is 1. The number of likely N-dealkylation sites (tertiary alicyclic amines) is 1. The monoisotopic (exact) mass is 227 g/mol. The van der Waals surface area contributed by atoms with Crippen LogP contribution >= 0.6 is 0 Å². The zero-order valence-electron chi connectivity index (χ0n) is 10.8. The molecule has 1 N–H and O–H groups in total. The Kier molecular flexibility index (Phi) is 4.51. The molecule has 0 aromatic heterocycles. The van der Waals surface area contributed by atoms with E-state index in [9.17, 15) is 9.90 Å². The highest BCUT2D eigenvalue weighted by Crippen LogP contribution is 2.25. The van der Waals surface area contributed by atoms with Crippen molar-refractivity contribution in [1.29, 1.82) is 0 Å². The molecule has 1 aliphatic heterocycles. The van der Waals surface area contributed by atoms with Crippen molar-refractivity contribution in [2.75, 3.05) is 19.6 Å². The molecule has 0 aromatic carbocycles. The summed E-state index contributed by atoms with van der Waals surface area (Å²) in [5.74, 6) is 0. The van der Waals surface area contributed by atoms with Crippen LogP contribution in [0.25, 0.3) is 0 Å². The maximum Gasteiger partial charge on any atom is 0.127 e. The summed E-state index contributed by atoms with van der Waals surface area (Å²) >= 11 is 0. The number of aliphatic hydroxyl groups is 1. The maximum absolute atomic E-state index is 11.1. The predicted octanol–water partition coefficient (Wildman–Crippen LogP) is 1.84. The number of rotatable bonds is 4. The predicted molar refractivity (Wildman–Crippen MR) is 65.4 cm³/mol. The van der Waals surface area contributed by atoms with Gasteiger partial charge in [0.2, 0.25) is 0 Å². The van der Waals surface area contributed by atoms with Crippen LogP contribution in [-0.2, 0) is 4.79 Å². The molecule has 16 heavy (non-hydrogen) atoms. The van der Waals surface area contributed by atoms with Crippen LogP contribution < -0.4 is 0 Å². The lowest BCUT2D eigenvalue weighted by Gasteiger charge is -2.30. The third kappa shape index (κ3) is 3.87. The van der Waals surface area contributed by atoms with E-state index in [2.05, 4.69) is 11.8 Å². The van der Waals surface area contributed by atoms with Crippen molar-refractivity contribution in [2.24, 2.45) is 5.41 Å². The smallest absolute Gasteiger partial charge is 0.127 e. The van der Waals surface area contributed by atoms with E-state index in [-0.39, 0.29) is 5.41 Å². The molecular weight excluding hydrogens is 202 g/mol. The minimum Gasteiger partial charge on any atom is -0.390 e. The highest BCUT2D eigenvalue weighted by atomic mass is 16.3. The minimum atomic E-state index is -0.515. The van der Waals surface area contributed by atoms with E-state index in [4.69, 9.17) is 0 Å². The van der Waals surface area contributed by atoms with Crippen LogP contribution in [0, 0.1) is 5.41 Å². The lowest BCUT2D eigenvalue weighted by Crippen LogP contribution is -2.38. The van der Waals surface area contributed by atoms with Crippen LogP contribution in [0.15, 0.2) is 0 Å². The fourth-order valence-electron chi connectivity index (χ4n) is 2.22. The van der Waals surface area contributed by atoms with Crippen molar-refractivity contribution in [3.8, 4) is 0 Å². The van der Waals surface area contributed by atoms with Gasteiger partial charge >= 0.3 is 0 Å². The van der Waals surface area contributed by atoms with Crippen LogP contribution in [0.4, 0.5) is 0 Å². The van der Waals surface area contributed by atoms with E-state index in [0.717, 1.165) is 51.6 Å². The molecule has 0 aliphatic carbocycles. The van der Waals surface area contributed by atoms with Crippen LogP contribution in [0.2, 0.25) is 0 Å². The average Bonchev–Trinajstić information content (AvgIpc) is 2.40. The molecule has 1 saturated heterocycles. The van der Waals surface area contributed by atoms with Gasteiger partial charge in [0.15, 0.2) is 0 Å². The Hall–Kier alpha value is -0.410. The van der Waals surface area contributed by atoms with E-state index in [0.29, 0.717) is 0 Å². The Labute approximate surface area is 98.8 Å². The molecule has 3 heteroatoms. The fraction of sp³-hybridized carbons (Fsp3) is 0.923. The Morgan fingerprint density at radius 1 is 1.44 bits per heavy atom. The van der Waals surface area contributed by atoms with E-state index < -0.39 is 5.60 Å². The van der Waals surface area contributed by atoms with Crippen LogP contribution in [0.5, 0.6) is 0 Å². The normalized spacial score (nSPS) is 31.8. The molecule has 0 amide bonds. The highest BCUT2D eigenvalue weighted by molar-refractivity contribution is 5.58. The molecule has 94 valence electrons. The molecule has 1 aliphatic rings. The summed E-state index contributed by atoms with van der Waals surface area (Å²) in [6.45, 7) is 8.71. The van der Waals surface area contributed by atoms with Crippen molar-refractivity contribution >= 4 is 6.29 Å². The summed E-state index contributed by atoms with van der Waals surface area (Å²) in [4.78, 5) is 13.4. The van der Waals surface area contributed by atoms with Crippen LogP contribution in [-0.4, -0.2) is 41.5 Å². The quantitative estimate of drug-likeness (QED) is 0.745. The van der Waals surface area contributed by atoms with Gasteiger partial charge in [0.1, 0.15) is 6.29 Å². The lowest BCUT2D eigenvalue weighted by atomic mass is 9.89. The van der Waals surface area contributed by atoms with Gasteiger partial charge in [-0.15, -0.1) is 0 Å². The van der Waals surface area contributed by atoms with Crippen molar-refractivity contribution in [3.63, 3.8) is 0 Å². The standard InChI is InChI=1S/C13H25NO2/c1-4-12(2,11-15)10-14-8-5-6-13(3,16)7-9-14/h11,16H,4-10H2,1-3H3. The summed E-state index contributed by atoms with van der Waals surface area (Å²) < 4.78 is 0. The first-order valence-electron chi connectivity index (χ1n) is 6.32. The molecule has 1 heterocycles. The van der Waals surface area contributed by atoms with Gasteiger partial charge in [-0.25, -0.2) is 0 Å². The first kappa shape index (κ1) is 13.7. The molecule has 0 spiro atoms. The molecule has 0 saturated carbocycles. The van der Waals surface area contributed by atoms with Gasteiger partial charge < -0.3 is 14.8 Å². The number of carbonyl (C=O) groups excluding carboxylic acids is 1. The SMILES string of the molecule is CCC(C)(C=O)CN1CCCC(C)(O)CC1. The van der Waals surface area contributed by atoms with Crippen LogP contribution in [0.1, 0.15) is 46.5 Å². The van der Waals surface area contributed by atoms with E-state index in [1.807, 2.05) is 13.8 Å². The Morgan fingerprint density at radius 3 is 2.69 bits per heavy atom. The van der Waals surface area contributed by atoms with Gasteiger partial charge in [-0.05, 0) is 39.2 Å². The zero-order chi connectivity index (χ0) is 12.2. The maximum atomic E-state index is 11.1. The van der Waals surface area contributed by atoms with Crippen molar-refractivity contribution in [3.05, 3.63) is 0 Å². The highest BCUT2D eigenvalue weighted by Gasteiger charge is 2.29. The zero-order valence-corrected chi connectivity index (χ0v) is 10.8. The topological polar surface area (TPSA) is 40.5 Å². The number of hydrogen-bond acceptors (Lipinski definition) is 3. The van der Waals surface area contributed by atoms with Gasteiger partial charge in [0.25, 0.3) is 0 Å². The largest absolute Gasteiger partial charge is 0.390 e. The fourth-order valence-corrected chi connectivity index (χ4v) is 2.22. The summed E-state index contributed by atoms with van der Waals surface area (Å²) in [6, 6.07) is 0. The Balaban J connectivity index is 2.52. The molecule has 2 unspecified atom stereocenters. The van der Waals surface area contributed by atoms with Crippen LogP contribution in [0.3, 0.4) is 0 Å². The van der Waals surface area contributed by atoms with Gasteiger partial charge in [0.05, 0.1) is 5.60 Å². The van der Waals surface area contributed by atoms with Gasteiger partial charge in [-0.3, -0.25) is 0 Å². The second kappa shape index (κ2) is 5.28. The van der Waals surface area contributed by atoms with Gasteiger partial charge in [-0.1, -0.05) is 13.8 Å².